The molecule has 1 N–H and O–H groups in total. The normalized spacial score (nSPS) is 16.1. The summed E-state index contributed by atoms with van der Waals surface area (Å²) in [6.07, 6.45) is 1.85. The maximum Gasteiger partial charge on any atom is 0.301 e. The van der Waals surface area contributed by atoms with Crippen LogP contribution in [0.15, 0.2) is 96.7 Å². The second-order valence-electron chi connectivity index (χ2n) is 11.0. The quantitative estimate of drug-likeness (QED) is 0.108. The summed E-state index contributed by atoms with van der Waals surface area (Å²) < 4.78 is 14.4. The second kappa shape index (κ2) is 11.8. The van der Waals surface area contributed by atoms with E-state index >= 15 is 0 Å². The van der Waals surface area contributed by atoms with Crippen LogP contribution in [0.25, 0.3) is 21.6 Å². The first kappa shape index (κ1) is 29.2. The van der Waals surface area contributed by atoms with Gasteiger partial charge in [-0.25, -0.2) is 9.97 Å². The van der Waals surface area contributed by atoms with Gasteiger partial charge in [0.1, 0.15) is 29.4 Å². The molecule has 0 aliphatic carbocycles. The van der Waals surface area contributed by atoms with Crippen molar-refractivity contribution in [3.8, 4) is 11.5 Å². The van der Waals surface area contributed by atoms with Crippen LogP contribution in [0.2, 0.25) is 0 Å². The number of thiazole rings is 1. The molecule has 0 bridgehead atoms. The molecule has 1 aliphatic heterocycles. The highest BCUT2D eigenvalue weighted by molar-refractivity contribution is 7.22. The zero-order valence-corrected chi connectivity index (χ0v) is 26.2. The number of aliphatic hydroxyl groups is 1. The molecule has 1 aliphatic rings. The lowest BCUT2D eigenvalue weighted by atomic mass is 9.96. The van der Waals surface area contributed by atoms with Crippen LogP contribution in [0.4, 0.5) is 5.13 Å². The minimum absolute atomic E-state index is 0.0661. The number of pyridine rings is 1. The van der Waals surface area contributed by atoms with E-state index in [9.17, 15) is 14.7 Å². The number of anilines is 1. The van der Waals surface area contributed by atoms with Crippen LogP contribution in [0.3, 0.4) is 0 Å². The molecule has 230 valence electrons. The summed E-state index contributed by atoms with van der Waals surface area (Å²) in [5, 5.41) is 12.2. The largest absolute Gasteiger partial charge is 0.505 e. The number of hydrogen-bond donors (Lipinski definition) is 1. The molecule has 0 radical (unpaired) electrons. The molecule has 4 heterocycles. The summed E-state index contributed by atoms with van der Waals surface area (Å²) in [4.78, 5) is 38.6. The Morgan fingerprint density at radius 3 is 2.50 bits per heavy atom. The number of ketones is 1. The van der Waals surface area contributed by atoms with Crippen molar-refractivity contribution < 1.29 is 24.2 Å². The molecular weight excluding hydrogens is 600 g/mol. The van der Waals surface area contributed by atoms with E-state index in [1.54, 1.807) is 6.07 Å². The van der Waals surface area contributed by atoms with Gasteiger partial charge >= 0.3 is 5.91 Å². The van der Waals surface area contributed by atoms with E-state index in [1.165, 1.54) is 16.2 Å². The highest BCUT2D eigenvalue weighted by atomic mass is 32.1. The third-order valence-corrected chi connectivity index (χ3v) is 9.06. The zero-order valence-electron chi connectivity index (χ0n) is 25.4. The minimum Gasteiger partial charge on any atom is -0.505 e. The van der Waals surface area contributed by atoms with E-state index in [0.29, 0.717) is 52.3 Å². The van der Waals surface area contributed by atoms with Crippen molar-refractivity contribution in [2.45, 2.75) is 33.4 Å². The molecule has 6 aromatic rings. The van der Waals surface area contributed by atoms with Gasteiger partial charge in [-0.15, -0.1) is 0 Å². The monoisotopic (exact) mass is 630 g/mol. The summed E-state index contributed by atoms with van der Waals surface area (Å²) in [5.41, 5.74) is 4.62. The molecule has 10 heteroatoms. The minimum atomic E-state index is -0.988. The van der Waals surface area contributed by atoms with E-state index in [4.69, 9.17) is 19.4 Å². The van der Waals surface area contributed by atoms with Crippen molar-refractivity contribution in [3.63, 3.8) is 0 Å². The van der Waals surface area contributed by atoms with Crippen LogP contribution in [0.1, 0.15) is 41.0 Å². The van der Waals surface area contributed by atoms with Gasteiger partial charge in [0.25, 0.3) is 5.78 Å². The number of benzene rings is 3. The highest BCUT2D eigenvalue weighted by Gasteiger charge is 2.48. The highest BCUT2D eigenvalue weighted by Crippen LogP contribution is 2.45. The predicted molar refractivity (Wildman–Crippen MR) is 177 cm³/mol. The molecule has 1 amide bonds. The Labute approximate surface area is 269 Å². The molecule has 0 spiro atoms. The Morgan fingerprint density at radius 2 is 1.72 bits per heavy atom. The molecule has 46 heavy (non-hydrogen) atoms. The number of fused-ring (bicyclic) bond motifs is 2. The van der Waals surface area contributed by atoms with Crippen molar-refractivity contribution in [2.24, 2.45) is 0 Å². The van der Waals surface area contributed by atoms with Crippen molar-refractivity contribution in [1.29, 1.82) is 0 Å². The lowest BCUT2D eigenvalue weighted by Gasteiger charge is -2.23. The summed E-state index contributed by atoms with van der Waals surface area (Å²) in [7, 11) is 0. The Kier molecular flexibility index (Phi) is 7.50. The van der Waals surface area contributed by atoms with Gasteiger partial charge in [0, 0.05) is 6.20 Å². The first-order valence-electron chi connectivity index (χ1n) is 14.9. The third kappa shape index (κ3) is 5.06. The first-order chi connectivity index (χ1) is 22.3. The van der Waals surface area contributed by atoms with Gasteiger partial charge in [0.2, 0.25) is 0 Å². The Hall–Kier alpha value is -5.48. The lowest BCUT2D eigenvalue weighted by Crippen LogP contribution is -2.29. The zero-order chi connectivity index (χ0) is 31.9. The van der Waals surface area contributed by atoms with Crippen molar-refractivity contribution in [1.82, 2.24) is 14.4 Å². The molecule has 0 saturated carbocycles. The van der Waals surface area contributed by atoms with Gasteiger partial charge in [0.05, 0.1) is 34.1 Å². The van der Waals surface area contributed by atoms with Crippen molar-refractivity contribution in [3.05, 3.63) is 125 Å². The maximum atomic E-state index is 13.9. The Bertz CT molecular complexity index is 2170. The summed E-state index contributed by atoms with van der Waals surface area (Å²) in [6, 6.07) is 25.4. The van der Waals surface area contributed by atoms with Crippen molar-refractivity contribution in [2.75, 3.05) is 11.5 Å². The Morgan fingerprint density at radius 1 is 0.913 bits per heavy atom. The first-order valence-corrected chi connectivity index (χ1v) is 15.7. The molecule has 1 atom stereocenters. The predicted octanol–water partition coefficient (Wildman–Crippen LogP) is 7.16. The number of aromatic nitrogens is 3. The standard InChI is InChI=1S/C36H30N4O5S/c1-4-44-26-15-16-27-28(19-26)46-36(37-27)40-31(24-13-8-14-25(18-24)45-20-23-11-6-5-7-12-23)29(33(42)35(40)43)32(41)30-22(3)39-17-9-10-21(2)34(39)38-30/h5-19,31,41H,4,20H2,1-3H3. The van der Waals surface area contributed by atoms with Gasteiger partial charge in [-0.05, 0) is 73.9 Å². The number of nitrogens with zero attached hydrogens (tertiary/aromatic N) is 4. The van der Waals surface area contributed by atoms with E-state index in [0.717, 1.165) is 15.8 Å². The number of carbonyl (C=O) groups is 2. The van der Waals surface area contributed by atoms with E-state index in [2.05, 4.69) is 0 Å². The number of ether oxygens (including phenoxy) is 2. The van der Waals surface area contributed by atoms with Crippen LogP contribution in [0.5, 0.6) is 11.5 Å². The van der Waals surface area contributed by atoms with Crippen molar-refractivity contribution >= 4 is 49.8 Å². The maximum absolute atomic E-state index is 13.9. The van der Waals surface area contributed by atoms with Gasteiger partial charge in [-0.2, -0.15) is 0 Å². The second-order valence-corrected chi connectivity index (χ2v) is 12.0. The number of hydrogen-bond acceptors (Lipinski definition) is 8. The van der Waals surface area contributed by atoms with E-state index < -0.39 is 17.7 Å². The van der Waals surface area contributed by atoms with E-state index in [1.807, 2.05) is 110 Å². The number of Topliss-reactive ketones (excluding diaryl/α,β-unsaturated/α-hetero) is 1. The average molecular weight is 631 g/mol. The molecule has 3 aromatic heterocycles. The van der Waals surface area contributed by atoms with Gasteiger partial charge in [0.15, 0.2) is 10.9 Å². The molecule has 7 rings (SSSR count). The van der Waals surface area contributed by atoms with Crippen LogP contribution in [-0.4, -0.2) is 37.8 Å². The SMILES string of the molecule is CCOc1ccc2nc(N3C(=O)C(=O)C(=C(O)c4nc5c(C)cccn5c4C)C3c3cccc(OCc4ccccc4)c3)sc2c1. The van der Waals surface area contributed by atoms with Gasteiger partial charge < -0.3 is 19.0 Å². The average Bonchev–Trinajstić information content (AvgIpc) is 3.72. The molecular formula is C36H30N4O5S. The van der Waals surface area contributed by atoms with Crippen LogP contribution < -0.4 is 14.4 Å². The summed E-state index contributed by atoms with van der Waals surface area (Å²) in [5.74, 6) is -0.715. The van der Waals surface area contributed by atoms with Gasteiger partial charge in [-0.3, -0.25) is 14.5 Å². The molecule has 1 saturated heterocycles. The lowest BCUT2D eigenvalue weighted by molar-refractivity contribution is -0.132. The van der Waals surface area contributed by atoms with Gasteiger partial charge in [-0.1, -0.05) is 59.9 Å². The fourth-order valence-electron chi connectivity index (χ4n) is 5.79. The molecule has 3 aromatic carbocycles. The fourth-order valence-corrected chi connectivity index (χ4v) is 6.81. The number of imidazole rings is 1. The summed E-state index contributed by atoms with van der Waals surface area (Å²) in [6.45, 7) is 6.50. The van der Waals surface area contributed by atoms with Crippen LogP contribution in [-0.2, 0) is 16.2 Å². The van der Waals surface area contributed by atoms with Crippen LogP contribution in [0, 0.1) is 13.8 Å². The smallest absolute Gasteiger partial charge is 0.301 e. The molecule has 1 unspecified atom stereocenters. The number of rotatable bonds is 8. The molecule has 1 fully saturated rings. The Balaban J connectivity index is 1.38. The molecule has 9 nitrogen and oxygen atoms in total. The topological polar surface area (TPSA) is 106 Å². The number of amides is 1. The van der Waals surface area contributed by atoms with Crippen LogP contribution >= 0.6 is 11.3 Å². The van der Waals surface area contributed by atoms with E-state index in [-0.39, 0.29) is 17.0 Å². The number of aliphatic hydroxyl groups excluding tert-OH is 1. The number of carbonyl (C=O) groups excluding carboxylic acids is 2. The number of aryl methyl sites for hydroxylation is 2. The summed E-state index contributed by atoms with van der Waals surface area (Å²) >= 11 is 1.28. The third-order valence-electron chi connectivity index (χ3n) is 8.04. The fraction of sp³-hybridized carbons (Fsp3) is 0.167.